The Hall–Kier alpha value is -3.22. The van der Waals surface area contributed by atoms with Crippen LogP contribution in [0.15, 0.2) is 36.4 Å². The summed E-state index contributed by atoms with van der Waals surface area (Å²) >= 11 is 0. The molecular formula is C22H22N2O5. The third-order valence-electron chi connectivity index (χ3n) is 5.94. The molecule has 7 heteroatoms. The van der Waals surface area contributed by atoms with Crippen molar-refractivity contribution in [3.8, 4) is 5.75 Å². The standard InChI is InChI=1S/C22H22N2O5/c1-14-6-7-20-17(12-14)19(25)13-22(29-20)8-10-23(11-9-22)21(26)16-4-3-5-18(15(16)2)24(27)28/h3-7,12H,8-11,13H2,1-2H3. The number of ether oxygens (including phenoxy) is 1. The van der Waals surface area contributed by atoms with Crippen LogP contribution < -0.4 is 4.74 Å². The van der Waals surface area contributed by atoms with Crippen LogP contribution in [0.5, 0.6) is 5.75 Å². The molecule has 1 spiro atoms. The first-order valence-corrected chi connectivity index (χ1v) is 9.66. The molecule has 0 aliphatic carbocycles. The summed E-state index contributed by atoms with van der Waals surface area (Å²) in [5, 5.41) is 11.2. The molecule has 0 radical (unpaired) electrons. The number of benzene rings is 2. The number of likely N-dealkylation sites (tertiary alicyclic amines) is 1. The molecule has 2 aliphatic heterocycles. The number of amides is 1. The molecule has 1 amide bonds. The number of carbonyl (C=O) groups is 2. The van der Waals surface area contributed by atoms with Crippen molar-refractivity contribution in [1.29, 1.82) is 0 Å². The fourth-order valence-corrected chi connectivity index (χ4v) is 4.23. The number of carbonyl (C=O) groups excluding carboxylic acids is 2. The van der Waals surface area contributed by atoms with E-state index in [9.17, 15) is 19.7 Å². The number of nitro groups is 1. The molecule has 2 aliphatic rings. The Kier molecular flexibility index (Phi) is 4.61. The second-order valence-corrected chi connectivity index (χ2v) is 7.88. The number of ketones is 1. The van der Waals surface area contributed by atoms with E-state index in [1.807, 2.05) is 25.1 Å². The molecule has 0 saturated carbocycles. The van der Waals surface area contributed by atoms with Crippen LogP contribution in [0.2, 0.25) is 0 Å². The second kappa shape index (κ2) is 6.99. The van der Waals surface area contributed by atoms with Gasteiger partial charge in [0, 0.05) is 43.1 Å². The smallest absolute Gasteiger partial charge is 0.273 e. The van der Waals surface area contributed by atoms with Crippen LogP contribution in [0, 0.1) is 24.0 Å². The maximum Gasteiger partial charge on any atom is 0.273 e. The van der Waals surface area contributed by atoms with Crippen molar-refractivity contribution in [1.82, 2.24) is 4.90 Å². The summed E-state index contributed by atoms with van der Waals surface area (Å²) in [6.07, 6.45) is 1.40. The minimum Gasteiger partial charge on any atom is -0.486 e. The summed E-state index contributed by atoms with van der Waals surface area (Å²) in [5.74, 6) is 0.463. The lowest BCUT2D eigenvalue weighted by Crippen LogP contribution is -2.52. The zero-order chi connectivity index (χ0) is 20.8. The number of piperidine rings is 1. The van der Waals surface area contributed by atoms with Gasteiger partial charge in [0.25, 0.3) is 11.6 Å². The fourth-order valence-electron chi connectivity index (χ4n) is 4.23. The number of Topliss-reactive ketones (excluding diaryl/α,β-unsaturated/α-hetero) is 1. The van der Waals surface area contributed by atoms with E-state index in [2.05, 4.69) is 0 Å². The molecule has 0 unspecified atom stereocenters. The highest BCUT2D eigenvalue weighted by Crippen LogP contribution is 2.40. The third kappa shape index (κ3) is 3.37. The van der Waals surface area contributed by atoms with Crippen molar-refractivity contribution in [3.05, 3.63) is 68.8 Å². The van der Waals surface area contributed by atoms with Crippen molar-refractivity contribution >= 4 is 17.4 Å². The number of hydrogen-bond donors (Lipinski definition) is 0. The number of nitrogens with zero attached hydrogens (tertiary/aromatic N) is 2. The SMILES string of the molecule is Cc1ccc2c(c1)C(=O)CC1(CCN(C(=O)c3cccc([N+](=O)[O-])c3C)CC1)O2. The van der Waals surface area contributed by atoms with Crippen LogP contribution in [0.25, 0.3) is 0 Å². The second-order valence-electron chi connectivity index (χ2n) is 7.88. The number of nitro benzene ring substituents is 1. The molecule has 0 aromatic heterocycles. The maximum absolute atomic E-state index is 13.0. The molecule has 1 fully saturated rings. The Morgan fingerprint density at radius 1 is 1.17 bits per heavy atom. The van der Waals surface area contributed by atoms with Gasteiger partial charge in [0.1, 0.15) is 11.4 Å². The van der Waals surface area contributed by atoms with Crippen LogP contribution in [-0.2, 0) is 0 Å². The summed E-state index contributed by atoms with van der Waals surface area (Å²) in [6, 6.07) is 10.2. The third-order valence-corrected chi connectivity index (χ3v) is 5.94. The topological polar surface area (TPSA) is 89.8 Å². The highest BCUT2D eigenvalue weighted by atomic mass is 16.6. The number of rotatable bonds is 2. The molecule has 0 N–H and O–H groups in total. The van der Waals surface area contributed by atoms with Crippen LogP contribution in [0.3, 0.4) is 0 Å². The van der Waals surface area contributed by atoms with Gasteiger partial charge in [-0.15, -0.1) is 0 Å². The Labute approximate surface area is 168 Å². The molecule has 4 rings (SSSR count). The van der Waals surface area contributed by atoms with E-state index in [-0.39, 0.29) is 17.4 Å². The van der Waals surface area contributed by atoms with Gasteiger partial charge in [-0.25, -0.2) is 0 Å². The molecule has 2 heterocycles. The van der Waals surface area contributed by atoms with Crippen molar-refractivity contribution < 1.29 is 19.2 Å². The van der Waals surface area contributed by atoms with E-state index in [0.29, 0.717) is 54.8 Å². The van der Waals surface area contributed by atoms with Gasteiger partial charge in [0.05, 0.1) is 16.9 Å². The summed E-state index contributed by atoms with van der Waals surface area (Å²) in [6.45, 7) is 4.42. The Balaban J connectivity index is 1.51. The summed E-state index contributed by atoms with van der Waals surface area (Å²) in [4.78, 5) is 38.0. The number of fused-ring (bicyclic) bond motifs is 1. The summed E-state index contributed by atoms with van der Waals surface area (Å²) < 4.78 is 6.25. The van der Waals surface area contributed by atoms with Gasteiger partial charge >= 0.3 is 0 Å². The van der Waals surface area contributed by atoms with Gasteiger partial charge in [-0.3, -0.25) is 19.7 Å². The highest BCUT2D eigenvalue weighted by Gasteiger charge is 2.44. The average Bonchev–Trinajstić information content (AvgIpc) is 2.69. The minimum atomic E-state index is -0.589. The summed E-state index contributed by atoms with van der Waals surface area (Å²) in [7, 11) is 0. The van der Waals surface area contributed by atoms with Crippen molar-refractivity contribution in [2.24, 2.45) is 0 Å². The minimum absolute atomic E-state index is 0.0579. The van der Waals surface area contributed by atoms with E-state index in [0.717, 1.165) is 5.56 Å². The molecule has 2 aromatic rings. The lowest BCUT2D eigenvalue weighted by molar-refractivity contribution is -0.385. The predicted molar refractivity (Wildman–Crippen MR) is 106 cm³/mol. The molecular weight excluding hydrogens is 372 g/mol. The van der Waals surface area contributed by atoms with Crippen molar-refractivity contribution in [2.45, 2.75) is 38.7 Å². The molecule has 7 nitrogen and oxygen atoms in total. The first-order chi connectivity index (χ1) is 13.8. The molecule has 1 saturated heterocycles. The first kappa shape index (κ1) is 19.1. The lowest BCUT2D eigenvalue weighted by atomic mass is 9.82. The number of hydrogen-bond acceptors (Lipinski definition) is 5. The Morgan fingerprint density at radius 2 is 1.90 bits per heavy atom. The Morgan fingerprint density at radius 3 is 2.59 bits per heavy atom. The molecule has 0 bridgehead atoms. The fraction of sp³-hybridized carbons (Fsp3) is 0.364. The van der Waals surface area contributed by atoms with Gasteiger partial charge < -0.3 is 9.64 Å². The van der Waals surface area contributed by atoms with Crippen LogP contribution in [0.4, 0.5) is 5.69 Å². The highest BCUT2D eigenvalue weighted by molar-refractivity contribution is 6.00. The van der Waals surface area contributed by atoms with Gasteiger partial charge in [-0.05, 0) is 32.0 Å². The van der Waals surface area contributed by atoms with Gasteiger partial charge in [-0.2, -0.15) is 0 Å². The Bertz CT molecular complexity index is 1020. The summed E-state index contributed by atoms with van der Waals surface area (Å²) in [5.41, 5.74) is 1.71. The van der Waals surface area contributed by atoms with Crippen LogP contribution in [-0.4, -0.2) is 40.2 Å². The van der Waals surface area contributed by atoms with Crippen molar-refractivity contribution in [2.75, 3.05) is 13.1 Å². The monoisotopic (exact) mass is 394 g/mol. The average molecular weight is 394 g/mol. The van der Waals surface area contributed by atoms with E-state index in [1.54, 1.807) is 17.9 Å². The predicted octanol–water partition coefficient (Wildman–Crippen LogP) is 3.85. The van der Waals surface area contributed by atoms with E-state index in [1.165, 1.54) is 12.1 Å². The van der Waals surface area contributed by atoms with Crippen LogP contribution >= 0.6 is 0 Å². The zero-order valence-electron chi connectivity index (χ0n) is 16.4. The van der Waals surface area contributed by atoms with Gasteiger partial charge in [-0.1, -0.05) is 17.7 Å². The van der Waals surface area contributed by atoms with E-state index >= 15 is 0 Å². The normalized spacial score (nSPS) is 17.6. The molecule has 2 aromatic carbocycles. The quantitative estimate of drug-likeness (QED) is 0.570. The van der Waals surface area contributed by atoms with Crippen LogP contribution in [0.1, 0.15) is 51.1 Å². The van der Waals surface area contributed by atoms with E-state index in [4.69, 9.17) is 4.74 Å². The molecule has 150 valence electrons. The van der Waals surface area contributed by atoms with Gasteiger partial charge in [0.15, 0.2) is 5.78 Å². The van der Waals surface area contributed by atoms with E-state index < -0.39 is 10.5 Å². The molecule has 0 atom stereocenters. The maximum atomic E-state index is 13.0. The molecule has 29 heavy (non-hydrogen) atoms. The van der Waals surface area contributed by atoms with Crippen molar-refractivity contribution in [3.63, 3.8) is 0 Å². The first-order valence-electron chi connectivity index (χ1n) is 9.66. The largest absolute Gasteiger partial charge is 0.486 e. The van der Waals surface area contributed by atoms with Gasteiger partial charge in [0.2, 0.25) is 0 Å². The lowest BCUT2D eigenvalue weighted by Gasteiger charge is -2.44. The number of aryl methyl sites for hydroxylation is 1. The zero-order valence-corrected chi connectivity index (χ0v) is 16.4.